The van der Waals surface area contributed by atoms with E-state index in [9.17, 15) is 4.79 Å². The maximum Gasteiger partial charge on any atom is 0.140 e. The highest BCUT2D eigenvalue weighted by molar-refractivity contribution is 5.83. The molecule has 16 heavy (non-hydrogen) atoms. The van der Waals surface area contributed by atoms with Gasteiger partial charge in [0.15, 0.2) is 0 Å². The zero-order valence-electron chi connectivity index (χ0n) is 10.2. The summed E-state index contributed by atoms with van der Waals surface area (Å²) in [4.78, 5) is 11.7. The van der Waals surface area contributed by atoms with Crippen LogP contribution in [0.4, 0.5) is 0 Å². The van der Waals surface area contributed by atoms with E-state index in [0.717, 1.165) is 37.9 Å². The number of aryl methyl sites for hydroxylation is 1. The van der Waals surface area contributed by atoms with Crippen LogP contribution in [0.1, 0.15) is 62.3 Å². The highest BCUT2D eigenvalue weighted by atomic mass is 16.3. The molecule has 1 unspecified atom stereocenters. The molecule has 0 bridgehead atoms. The van der Waals surface area contributed by atoms with E-state index in [1.54, 1.807) is 6.92 Å². The number of fused-ring (bicyclic) bond motifs is 1. The first kappa shape index (κ1) is 11.4. The fourth-order valence-electron chi connectivity index (χ4n) is 2.60. The topological polar surface area (TPSA) is 30.2 Å². The SMILES string of the molecule is CCCCC(C(C)=O)c1occ2c1CCC2. The molecule has 2 nitrogen and oxygen atoms in total. The Morgan fingerprint density at radius 1 is 1.50 bits per heavy atom. The number of hydrogen-bond donors (Lipinski definition) is 0. The van der Waals surface area contributed by atoms with E-state index in [-0.39, 0.29) is 11.7 Å². The first-order valence-electron chi connectivity index (χ1n) is 6.33. The van der Waals surface area contributed by atoms with Gasteiger partial charge in [0, 0.05) is 0 Å². The van der Waals surface area contributed by atoms with Crippen molar-refractivity contribution in [3.05, 3.63) is 23.2 Å². The Morgan fingerprint density at radius 3 is 3.00 bits per heavy atom. The first-order chi connectivity index (χ1) is 7.74. The van der Waals surface area contributed by atoms with Crippen molar-refractivity contribution in [1.29, 1.82) is 0 Å². The molecule has 0 saturated carbocycles. The summed E-state index contributed by atoms with van der Waals surface area (Å²) in [6.07, 6.45) is 8.46. The molecule has 0 aliphatic heterocycles. The van der Waals surface area contributed by atoms with Gasteiger partial charge in [0.25, 0.3) is 0 Å². The van der Waals surface area contributed by atoms with Crippen LogP contribution >= 0.6 is 0 Å². The summed E-state index contributed by atoms with van der Waals surface area (Å²) in [6, 6.07) is 0. The minimum atomic E-state index is 0.00167. The van der Waals surface area contributed by atoms with Gasteiger partial charge in [-0.2, -0.15) is 0 Å². The Labute approximate surface area is 97.0 Å². The average Bonchev–Trinajstić information content (AvgIpc) is 2.81. The second kappa shape index (κ2) is 4.86. The third-order valence-corrected chi connectivity index (χ3v) is 3.54. The van der Waals surface area contributed by atoms with Crippen LogP contribution in [0.3, 0.4) is 0 Å². The highest BCUT2D eigenvalue weighted by Crippen LogP contribution is 2.34. The van der Waals surface area contributed by atoms with Gasteiger partial charge in [-0.05, 0) is 43.7 Å². The van der Waals surface area contributed by atoms with Crippen LogP contribution in [0, 0.1) is 0 Å². The molecule has 2 rings (SSSR count). The monoisotopic (exact) mass is 220 g/mol. The van der Waals surface area contributed by atoms with Crippen molar-refractivity contribution in [3.8, 4) is 0 Å². The Bertz CT molecular complexity index is 376. The van der Waals surface area contributed by atoms with E-state index in [4.69, 9.17) is 4.42 Å². The third-order valence-electron chi connectivity index (χ3n) is 3.54. The predicted molar refractivity (Wildman–Crippen MR) is 63.7 cm³/mol. The molecule has 0 radical (unpaired) electrons. The van der Waals surface area contributed by atoms with Gasteiger partial charge in [0.05, 0.1) is 12.2 Å². The lowest BCUT2D eigenvalue weighted by Crippen LogP contribution is -2.09. The lowest BCUT2D eigenvalue weighted by molar-refractivity contribution is -0.118. The highest BCUT2D eigenvalue weighted by Gasteiger charge is 2.27. The Kier molecular flexibility index (Phi) is 3.47. The van der Waals surface area contributed by atoms with Gasteiger partial charge in [0.2, 0.25) is 0 Å². The molecule has 1 aliphatic carbocycles. The number of ketones is 1. The van der Waals surface area contributed by atoms with Gasteiger partial charge < -0.3 is 4.42 Å². The molecule has 1 aliphatic rings. The summed E-state index contributed by atoms with van der Waals surface area (Å²) in [5, 5.41) is 0. The minimum Gasteiger partial charge on any atom is -0.468 e. The summed E-state index contributed by atoms with van der Waals surface area (Å²) in [7, 11) is 0. The molecule has 1 heterocycles. The van der Waals surface area contributed by atoms with Crippen molar-refractivity contribution < 1.29 is 9.21 Å². The normalized spacial score (nSPS) is 16.1. The van der Waals surface area contributed by atoms with E-state index >= 15 is 0 Å². The smallest absolute Gasteiger partial charge is 0.140 e. The van der Waals surface area contributed by atoms with E-state index in [1.165, 1.54) is 17.5 Å². The molecule has 0 aromatic carbocycles. The minimum absolute atomic E-state index is 0.00167. The molecule has 1 aromatic rings. The number of furan rings is 1. The van der Waals surface area contributed by atoms with Gasteiger partial charge in [-0.3, -0.25) is 4.79 Å². The molecule has 1 aromatic heterocycles. The average molecular weight is 220 g/mol. The standard InChI is InChI=1S/C14H20O2/c1-3-4-7-12(10(2)15)14-13-8-5-6-11(13)9-16-14/h9,12H,3-8H2,1-2H3. The van der Waals surface area contributed by atoms with E-state index in [2.05, 4.69) is 6.92 Å². The summed E-state index contributed by atoms with van der Waals surface area (Å²) in [5.41, 5.74) is 2.66. The van der Waals surface area contributed by atoms with Crippen molar-refractivity contribution >= 4 is 5.78 Å². The van der Waals surface area contributed by atoms with Crippen LogP contribution in [0.25, 0.3) is 0 Å². The van der Waals surface area contributed by atoms with Crippen LogP contribution in [0.2, 0.25) is 0 Å². The summed E-state index contributed by atoms with van der Waals surface area (Å²) in [5.74, 6) is 1.22. The number of carbonyl (C=O) groups excluding carboxylic acids is 1. The summed E-state index contributed by atoms with van der Waals surface area (Å²) < 4.78 is 5.64. The molecule has 2 heteroatoms. The summed E-state index contributed by atoms with van der Waals surface area (Å²) >= 11 is 0. The molecule has 0 amide bonds. The van der Waals surface area contributed by atoms with Crippen LogP contribution in [-0.2, 0) is 17.6 Å². The van der Waals surface area contributed by atoms with E-state index < -0.39 is 0 Å². The third kappa shape index (κ3) is 2.06. The number of hydrogen-bond acceptors (Lipinski definition) is 2. The van der Waals surface area contributed by atoms with Crippen molar-refractivity contribution in [2.24, 2.45) is 0 Å². The quantitative estimate of drug-likeness (QED) is 0.758. The molecule has 0 saturated heterocycles. The number of unbranched alkanes of at least 4 members (excludes halogenated alkanes) is 1. The number of Topliss-reactive ketones (excluding diaryl/α,β-unsaturated/α-hetero) is 1. The van der Waals surface area contributed by atoms with Crippen LogP contribution in [0.15, 0.2) is 10.7 Å². The first-order valence-corrected chi connectivity index (χ1v) is 6.33. The Hall–Kier alpha value is -1.05. The number of carbonyl (C=O) groups is 1. The van der Waals surface area contributed by atoms with Crippen molar-refractivity contribution in [2.75, 3.05) is 0 Å². The van der Waals surface area contributed by atoms with Gasteiger partial charge in [-0.1, -0.05) is 19.8 Å². The zero-order valence-corrected chi connectivity index (χ0v) is 10.2. The molecule has 1 atom stereocenters. The molecular weight excluding hydrogens is 200 g/mol. The fourth-order valence-corrected chi connectivity index (χ4v) is 2.60. The maximum absolute atomic E-state index is 11.7. The molecule has 0 N–H and O–H groups in total. The number of rotatable bonds is 5. The van der Waals surface area contributed by atoms with Gasteiger partial charge in [-0.15, -0.1) is 0 Å². The largest absolute Gasteiger partial charge is 0.468 e. The van der Waals surface area contributed by atoms with Crippen molar-refractivity contribution in [3.63, 3.8) is 0 Å². The molecule has 0 fully saturated rings. The fraction of sp³-hybridized carbons (Fsp3) is 0.643. The molecular formula is C14H20O2. The second-order valence-corrected chi connectivity index (χ2v) is 4.76. The Balaban J connectivity index is 2.21. The summed E-state index contributed by atoms with van der Waals surface area (Å²) in [6.45, 7) is 3.84. The van der Waals surface area contributed by atoms with Crippen LogP contribution in [0.5, 0.6) is 0 Å². The van der Waals surface area contributed by atoms with E-state index in [0.29, 0.717) is 0 Å². The lowest BCUT2D eigenvalue weighted by atomic mass is 9.92. The molecule has 88 valence electrons. The lowest BCUT2D eigenvalue weighted by Gasteiger charge is -2.12. The van der Waals surface area contributed by atoms with Crippen LogP contribution in [-0.4, -0.2) is 5.78 Å². The van der Waals surface area contributed by atoms with E-state index in [1.807, 2.05) is 6.26 Å². The van der Waals surface area contributed by atoms with Crippen molar-refractivity contribution in [1.82, 2.24) is 0 Å². The van der Waals surface area contributed by atoms with Gasteiger partial charge in [0.1, 0.15) is 11.5 Å². The van der Waals surface area contributed by atoms with Crippen LogP contribution < -0.4 is 0 Å². The molecule has 0 spiro atoms. The zero-order chi connectivity index (χ0) is 11.5. The van der Waals surface area contributed by atoms with Gasteiger partial charge in [-0.25, -0.2) is 0 Å². The second-order valence-electron chi connectivity index (χ2n) is 4.76. The Morgan fingerprint density at radius 2 is 2.31 bits per heavy atom. The predicted octanol–water partition coefficient (Wildman–Crippen LogP) is 3.63. The van der Waals surface area contributed by atoms with Gasteiger partial charge >= 0.3 is 0 Å². The maximum atomic E-state index is 11.7. The van der Waals surface area contributed by atoms with Crippen molar-refractivity contribution in [2.45, 2.75) is 58.3 Å².